The fourth-order valence-corrected chi connectivity index (χ4v) is 5.13. The minimum absolute atomic E-state index is 0.0243. The van der Waals surface area contributed by atoms with Crippen LogP contribution in [0.2, 0.25) is 5.02 Å². The van der Waals surface area contributed by atoms with Crippen LogP contribution in [0.5, 0.6) is 5.75 Å². The van der Waals surface area contributed by atoms with Crippen molar-refractivity contribution in [1.82, 2.24) is 0 Å². The topological polar surface area (TPSA) is 92.8 Å². The van der Waals surface area contributed by atoms with Crippen LogP contribution in [0, 0.1) is 0 Å². The van der Waals surface area contributed by atoms with E-state index in [1.807, 2.05) is 0 Å². The number of sulfonamides is 2. The third kappa shape index (κ3) is 3.60. The van der Waals surface area contributed by atoms with Crippen LogP contribution in [0.1, 0.15) is 5.56 Å². The van der Waals surface area contributed by atoms with Crippen LogP contribution in [0.25, 0.3) is 0 Å². The Labute approximate surface area is 157 Å². The van der Waals surface area contributed by atoms with E-state index in [2.05, 4.69) is 4.72 Å². The molecule has 0 unspecified atom stereocenters. The lowest BCUT2D eigenvalue weighted by molar-refractivity contribution is 0.414. The van der Waals surface area contributed by atoms with Gasteiger partial charge in [-0.05, 0) is 42.3 Å². The number of ether oxygens (including phenoxy) is 1. The van der Waals surface area contributed by atoms with Gasteiger partial charge in [-0.1, -0.05) is 17.7 Å². The van der Waals surface area contributed by atoms with E-state index in [1.54, 1.807) is 12.1 Å². The molecule has 0 saturated carbocycles. The SMILES string of the molecule is COc1ccc(S(=O)(=O)Nc2ccc3c(c2)N(S(C)(=O)=O)CC3)cc1Cl. The molecule has 3 rings (SSSR count). The largest absolute Gasteiger partial charge is 0.495 e. The fraction of sp³-hybridized carbons (Fsp3) is 0.250. The molecule has 7 nitrogen and oxygen atoms in total. The van der Waals surface area contributed by atoms with Crippen molar-refractivity contribution >= 4 is 43.0 Å². The van der Waals surface area contributed by atoms with E-state index >= 15 is 0 Å². The predicted octanol–water partition coefficient (Wildman–Crippen LogP) is 2.47. The number of hydrogen-bond acceptors (Lipinski definition) is 5. The maximum atomic E-state index is 12.6. The third-order valence-electron chi connectivity index (χ3n) is 4.02. The fourth-order valence-electron chi connectivity index (χ4n) is 2.79. The summed E-state index contributed by atoms with van der Waals surface area (Å²) in [5, 5.41) is 0.174. The summed E-state index contributed by atoms with van der Waals surface area (Å²) in [6.45, 7) is 0.346. The molecule has 1 N–H and O–H groups in total. The van der Waals surface area contributed by atoms with Crippen molar-refractivity contribution in [2.75, 3.05) is 28.9 Å². The number of methoxy groups -OCH3 is 1. The van der Waals surface area contributed by atoms with Gasteiger partial charge in [0, 0.05) is 6.54 Å². The Morgan fingerprint density at radius 3 is 2.46 bits per heavy atom. The minimum Gasteiger partial charge on any atom is -0.495 e. The first-order valence-corrected chi connectivity index (χ1v) is 11.3. The first kappa shape index (κ1) is 18.8. The Balaban J connectivity index is 1.93. The highest BCUT2D eigenvalue weighted by Crippen LogP contribution is 2.33. The first-order valence-electron chi connectivity index (χ1n) is 7.59. The van der Waals surface area contributed by atoms with E-state index in [0.717, 1.165) is 11.8 Å². The van der Waals surface area contributed by atoms with Crippen LogP contribution < -0.4 is 13.8 Å². The second-order valence-electron chi connectivity index (χ2n) is 5.83. The van der Waals surface area contributed by atoms with E-state index in [9.17, 15) is 16.8 Å². The molecule has 1 aliphatic rings. The van der Waals surface area contributed by atoms with Gasteiger partial charge in [-0.15, -0.1) is 0 Å². The van der Waals surface area contributed by atoms with E-state index in [1.165, 1.54) is 35.7 Å². The number of anilines is 2. The second-order valence-corrected chi connectivity index (χ2v) is 9.83. The number of hydrogen-bond donors (Lipinski definition) is 1. The van der Waals surface area contributed by atoms with Crippen molar-refractivity contribution in [1.29, 1.82) is 0 Å². The molecule has 0 amide bonds. The van der Waals surface area contributed by atoms with Crippen LogP contribution in [-0.2, 0) is 26.5 Å². The summed E-state index contributed by atoms with van der Waals surface area (Å²) in [5.74, 6) is 0.368. The number of benzene rings is 2. The summed E-state index contributed by atoms with van der Waals surface area (Å²) < 4.78 is 57.7. The molecule has 1 heterocycles. The summed E-state index contributed by atoms with van der Waals surface area (Å²) in [6.07, 6.45) is 1.71. The van der Waals surface area contributed by atoms with Crippen molar-refractivity contribution in [3.05, 3.63) is 47.0 Å². The normalized spacial score (nSPS) is 14.2. The molecule has 2 aromatic rings. The summed E-state index contributed by atoms with van der Waals surface area (Å²) in [7, 11) is -5.87. The van der Waals surface area contributed by atoms with Gasteiger partial charge in [0.2, 0.25) is 10.0 Å². The molecule has 26 heavy (non-hydrogen) atoms. The average Bonchev–Trinajstić information content (AvgIpc) is 2.97. The Kier molecular flexibility index (Phi) is 4.80. The Morgan fingerprint density at radius 1 is 1.12 bits per heavy atom. The van der Waals surface area contributed by atoms with Crippen LogP contribution in [0.4, 0.5) is 11.4 Å². The molecular weight excluding hydrogens is 400 g/mol. The molecule has 0 aromatic heterocycles. The maximum Gasteiger partial charge on any atom is 0.261 e. The first-order chi connectivity index (χ1) is 12.1. The molecule has 10 heteroatoms. The Morgan fingerprint density at radius 2 is 1.85 bits per heavy atom. The molecule has 0 atom stereocenters. The molecule has 0 fully saturated rings. The zero-order chi connectivity index (χ0) is 19.1. The Hall–Kier alpha value is -1.97. The highest BCUT2D eigenvalue weighted by Gasteiger charge is 2.27. The van der Waals surface area contributed by atoms with Crippen molar-refractivity contribution in [2.24, 2.45) is 0 Å². The summed E-state index contributed by atoms with van der Waals surface area (Å²) in [6, 6.07) is 8.98. The van der Waals surface area contributed by atoms with Gasteiger partial charge in [-0.3, -0.25) is 9.03 Å². The third-order valence-corrected chi connectivity index (χ3v) is 6.88. The highest BCUT2D eigenvalue weighted by molar-refractivity contribution is 7.92. The molecule has 2 aromatic carbocycles. The Bertz CT molecular complexity index is 1070. The molecule has 140 valence electrons. The van der Waals surface area contributed by atoms with Gasteiger partial charge in [0.05, 0.1) is 34.7 Å². The van der Waals surface area contributed by atoms with Crippen molar-refractivity contribution < 1.29 is 21.6 Å². The van der Waals surface area contributed by atoms with Gasteiger partial charge in [0.25, 0.3) is 10.0 Å². The zero-order valence-corrected chi connectivity index (χ0v) is 16.5. The molecule has 0 spiro atoms. The van der Waals surface area contributed by atoms with E-state index in [4.69, 9.17) is 16.3 Å². The number of nitrogens with zero attached hydrogens (tertiary/aromatic N) is 1. The lowest BCUT2D eigenvalue weighted by Crippen LogP contribution is -2.27. The van der Waals surface area contributed by atoms with Gasteiger partial charge in [0.1, 0.15) is 5.75 Å². The van der Waals surface area contributed by atoms with Gasteiger partial charge < -0.3 is 4.74 Å². The van der Waals surface area contributed by atoms with Gasteiger partial charge >= 0.3 is 0 Å². The van der Waals surface area contributed by atoms with E-state index in [-0.39, 0.29) is 15.6 Å². The van der Waals surface area contributed by atoms with Crippen molar-refractivity contribution in [3.63, 3.8) is 0 Å². The van der Waals surface area contributed by atoms with Crippen LogP contribution in [-0.4, -0.2) is 36.7 Å². The molecule has 1 aliphatic heterocycles. The summed E-state index contributed by atoms with van der Waals surface area (Å²) >= 11 is 5.99. The monoisotopic (exact) mass is 416 g/mol. The lowest BCUT2D eigenvalue weighted by Gasteiger charge is -2.17. The summed E-state index contributed by atoms with van der Waals surface area (Å²) in [5.41, 5.74) is 1.61. The van der Waals surface area contributed by atoms with E-state index < -0.39 is 20.0 Å². The second kappa shape index (κ2) is 6.64. The number of nitrogens with one attached hydrogen (secondary N) is 1. The van der Waals surface area contributed by atoms with Crippen molar-refractivity contribution in [3.8, 4) is 5.75 Å². The van der Waals surface area contributed by atoms with Gasteiger partial charge in [-0.25, -0.2) is 16.8 Å². The quantitative estimate of drug-likeness (QED) is 0.808. The molecule has 0 aliphatic carbocycles. The van der Waals surface area contributed by atoms with Crippen molar-refractivity contribution in [2.45, 2.75) is 11.3 Å². The molecule has 0 bridgehead atoms. The number of halogens is 1. The zero-order valence-electron chi connectivity index (χ0n) is 14.1. The van der Waals surface area contributed by atoms with Gasteiger partial charge in [-0.2, -0.15) is 0 Å². The molecular formula is C16H17ClN2O5S2. The van der Waals surface area contributed by atoms with Crippen LogP contribution in [0.15, 0.2) is 41.3 Å². The highest BCUT2D eigenvalue weighted by atomic mass is 35.5. The van der Waals surface area contributed by atoms with Gasteiger partial charge in [0.15, 0.2) is 0 Å². The maximum absolute atomic E-state index is 12.6. The number of rotatable bonds is 5. The minimum atomic E-state index is -3.89. The average molecular weight is 417 g/mol. The van der Waals surface area contributed by atoms with Crippen LogP contribution in [0.3, 0.4) is 0 Å². The summed E-state index contributed by atoms with van der Waals surface area (Å²) in [4.78, 5) is -0.0243. The van der Waals surface area contributed by atoms with Crippen LogP contribution >= 0.6 is 11.6 Å². The standard InChI is InChI=1S/C16H17ClN2O5S2/c1-24-16-6-5-13(10-14(16)17)26(22,23)18-12-4-3-11-7-8-19(15(11)9-12)25(2,20)21/h3-6,9-10,18H,7-8H2,1-2H3. The molecule has 0 radical (unpaired) electrons. The predicted molar refractivity (Wildman–Crippen MR) is 101 cm³/mol. The molecule has 0 saturated heterocycles. The smallest absolute Gasteiger partial charge is 0.261 e. The van der Waals surface area contributed by atoms with E-state index in [0.29, 0.717) is 24.4 Å². The lowest BCUT2D eigenvalue weighted by atomic mass is 10.1. The number of fused-ring (bicyclic) bond motifs is 1.